The van der Waals surface area contributed by atoms with Crippen molar-refractivity contribution in [3.05, 3.63) is 99.8 Å². The quantitative estimate of drug-likeness (QED) is 0.248. The number of nitrogens with one attached hydrogen (secondary N) is 1. The molecule has 1 heterocycles. The molecule has 0 amide bonds. The maximum Gasteiger partial charge on any atom is 0.203 e. The van der Waals surface area contributed by atoms with Crippen LogP contribution in [0.4, 0.5) is 5.13 Å². The molecule has 0 spiro atoms. The lowest BCUT2D eigenvalue weighted by Gasteiger charge is -2.08. The fourth-order valence-electron chi connectivity index (χ4n) is 2.69. The van der Waals surface area contributed by atoms with Crippen LogP contribution in [0, 0.1) is 0 Å². The van der Waals surface area contributed by atoms with E-state index in [4.69, 9.17) is 4.74 Å². The smallest absolute Gasteiger partial charge is 0.203 e. The van der Waals surface area contributed by atoms with Crippen molar-refractivity contribution in [3.8, 4) is 17.0 Å². The van der Waals surface area contributed by atoms with Gasteiger partial charge >= 0.3 is 0 Å². The van der Waals surface area contributed by atoms with Gasteiger partial charge in [-0.25, -0.2) is 4.98 Å². The van der Waals surface area contributed by atoms with E-state index in [0.29, 0.717) is 6.61 Å². The Hall–Kier alpha value is -2.96. The summed E-state index contributed by atoms with van der Waals surface area (Å²) < 4.78 is 7.01. The van der Waals surface area contributed by atoms with Gasteiger partial charge in [-0.2, -0.15) is 5.10 Å². The van der Waals surface area contributed by atoms with Gasteiger partial charge in [0.2, 0.25) is 5.13 Å². The Morgan fingerprint density at radius 1 is 0.966 bits per heavy atom. The Balaban J connectivity index is 1.40. The summed E-state index contributed by atoms with van der Waals surface area (Å²) in [5.41, 5.74) is 7.03. The number of hydrogen-bond acceptors (Lipinski definition) is 5. The number of thiazole rings is 1. The maximum absolute atomic E-state index is 5.96. The standard InChI is InChI=1S/C23H18BrN3OS/c24-20-12-10-18(11-13-20)21-16-29-23(26-21)27-25-14-19-8-4-5-9-22(19)28-15-17-6-2-1-3-7-17/h1-14,16H,15H2,(H,26,27)/b25-14-. The summed E-state index contributed by atoms with van der Waals surface area (Å²) in [4.78, 5) is 4.59. The molecule has 0 atom stereocenters. The Kier molecular flexibility index (Phi) is 6.34. The Bertz CT molecular complexity index is 1090. The first-order chi connectivity index (χ1) is 14.3. The van der Waals surface area contributed by atoms with E-state index in [-0.39, 0.29) is 0 Å². The van der Waals surface area contributed by atoms with Gasteiger partial charge in [-0.05, 0) is 29.8 Å². The molecule has 29 heavy (non-hydrogen) atoms. The van der Waals surface area contributed by atoms with Crippen LogP contribution in [0.3, 0.4) is 0 Å². The van der Waals surface area contributed by atoms with Gasteiger partial charge in [-0.15, -0.1) is 11.3 Å². The molecule has 6 heteroatoms. The summed E-state index contributed by atoms with van der Waals surface area (Å²) in [6, 6.07) is 26.0. The molecule has 4 nitrogen and oxygen atoms in total. The van der Waals surface area contributed by atoms with Crippen LogP contribution >= 0.6 is 27.3 Å². The van der Waals surface area contributed by atoms with Gasteiger partial charge in [0.05, 0.1) is 11.9 Å². The zero-order valence-electron chi connectivity index (χ0n) is 15.5. The molecule has 144 valence electrons. The first kappa shape index (κ1) is 19.4. The van der Waals surface area contributed by atoms with Crippen LogP contribution in [-0.2, 0) is 6.61 Å². The highest BCUT2D eigenvalue weighted by Gasteiger charge is 2.04. The molecule has 0 radical (unpaired) electrons. The molecule has 0 aliphatic rings. The summed E-state index contributed by atoms with van der Waals surface area (Å²) in [7, 11) is 0. The fraction of sp³-hybridized carbons (Fsp3) is 0.0435. The molecular weight excluding hydrogens is 446 g/mol. The van der Waals surface area contributed by atoms with Crippen molar-refractivity contribution in [3.63, 3.8) is 0 Å². The molecule has 0 saturated heterocycles. The second-order valence-electron chi connectivity index (χ2n) is 6.23. The molecule has 0 aliphatic heterocycles. The van der Waals surface area contributed by atoms with Crippen molar-refractivity contribution < 1.29 is 4.74 Å². The van der Waals surface area contributed by atoms with Crippen LogP contribution in [0.1, 0.15) is 11.1 Å². The number of benzene rings is 3. The van der Waals surface area contributed by atoms with Crippen molar-refractivity contribution in [2.45, 2.75) is 6.61 Å². The minimum Gasteiger partial charge on any atom is -0.488 e. The van der Waals surface area contributed by atoms with Crippen LogP contribution < -0.4 is 10.2 Å². The van der Waals surface area contributed by atoms with Crippen LogP contribution in [0.15, 0.2) is 93.8 Å². The van der Waals surface area contributed by atoms with Crippen LogP contribution in [0.5, 0.6) is 5.75 Å². The first-order valence-corrected chi connectivity index (χ1v) is 10.7. The number of aromatic nitrogens is 1. The SMILES string of the molecule is Brc1ccc(-c2csc(N/N=C\c3ccccc3OCc3ccccc3)n2)cc1. The van der Waals surface area contributed by atoms with Gasteiger partial charge < -0.3 is 4.74 Å². The molecule has 4 aromatic rings. The van der Waals surface area contributed by atoms with Gasteiger partial charge in [-0.3, -0.25) is 5.43 Å². The summed E-state index contributed by atoms with van der Waals surface area (Å²) >= 11 is 4.97. The van der Waals surface area contributed by atoms with E-state index in [9.17, 15) is 0 Å². The molecule has 4 rings (SSSR count). The second kappa shape index (κ2) is 9.49. The van der Waals surface area contributed by atoms with E-state index in [1.807, 2.05) is 84.2 Å². The van der Waals surface area contributed by atoms with Gasteiger partial charge in [0, 0.05) is 21.0 Å². The highest BCUT2D eigenvalue weighted by atomic mass is 79.9. The third-order valence-corrected chi connectivity index (χ3v) is 5.44. The zero-order valence-corrected chi connectivity index (χ0v) is 17.9. The molecule has 3 aromatic carbocycles. The second-order valence-corrected chi connectivity index (χ2v) is 8.00. The van der Waals surface area contributed by atoms with E-state index in [1.54, 1.807) is 6.21 Å². The normalized spacial score (nSPS) is 10.9. The summed E-state index contributed by atoms with van der Waals surface area (Å²) in [5.74, 6) is 0.789. The van der Waals surface area contributed by atoms with Gasteiger partial charge in [0.1, 0.15) is 12.4 Å². The molecule has 0 fully saturated rings. The van der Waals surface area contributed by atoms with Crippen LogP contribution in [0.25, 0.3) is 11.3 Å². The number of nitrogens with zero attached hydrogens (tertiary/aromatic N) is 2. The van der Waals surface area contributed by atoms with E-state index in [1.165, 1.54) is 11.3 Å². The highest BCUT2D eigenvalue weighted by Crippen LogP contribution is 2.26. The number of rotatable bonds is 7. The van der Waals surface area contributed by atoms with Crippen molar-refractivity contribution in [2.24, 2.45) is 5.10 Å². The van der Waals surface area contributed by atoms with Gasteiger partial charge in [0.25, 0.3) is 0 Å². The number of hydrogen-bond donors (Lipinski definition) is 1. The maximum atomic E-state index is 5.96. The largest absolute Gasteiger partial charge is 0.488 e. The van der Waals surface area contributed by atoms with Gasteiger partial charge in [-0.1, -0.05) is 70.5 Å². The van der Waals surface area contributed by atoms with E-state index in [0.717, 1.165) is 37.7 Å². The molecule has 0 aliphatic carbocycles. The summed E-state index contributed by atoms with van der Waals surface area (Å²) in [6.07, 6.45) is 1.75. The molecule has 0 unspecified atom stereocenters. The summed E-state index contributed by atoms with van der Waals surface area (Å²) in [6.45, 7) is 0.516. The molecular formula is C23H18BrN3OS. The van der Waals surface area contributed by atoms with E-state index < -0.39 is 0 Å². The van der Waals surface area contributed by atoms with E-state index in [2.05, 4.69) is 31.4 Å². The predicted molar refractivity (Wildman–Crippen MR) is 124 cm³/mol. The molecule has 0 saturated carbocycles. The molecule has 1 aromatic heterocycles. The first-order valence-electron chi connectivity index (χ1n) is 9.04. The third-order valence-electron chi connectivity index (χ3n) is 4.16. The minimum atomic E-state index is 0.516. The highest BCUT2D eigenvalue weighted by molar-refractivity contribution is 9.10. The van der Waals surface area contributed by atoms with Crippen LogP contribution in [-0.4, -0.2) is 11.2 Å². The Morgan fingerprint density at radius 2 is 1.72 bits per heavy atom. The number of anilines is 1. The average molecular weight is 464 g/mol. The van der Waals surface area contributed by atoms with Crippen molar-refractivity contribution >= 4 is 38.6 Å². The molecule has 0 bridgehead atoms. The van der Waals surface area contributed by atoms with E-state index >= 15 is 0 Å². The zero-order chi connectivity index (χ0) is 19.9. The summed E-state index contributed by atoms with van der Waals surface area (Å²) in [5, 5.41) is 7.08. The van der Waals surface area contributed by atoms with Gasteiger partial charge in [0.15, 0.2) is 0 Å². The fourth-order valence-corrected chi connectivity index (χ4v) is 3.62. The molecule has 1 N–H and O–H groups in total. The monoisotopic (exact) mass is 463 g/mol. The third kappa shape index (κ3) is 5.31. The lowest BCUT2D eigenvalue weighted by molar-refractivity contribution is 0.306. The Labute approximate surface area is 182 Å². The minimum absolute atomic E-state index is 0.516. The number of para-hydroxylation sites is 1. The average Bonchev–Trinajstić information content (AvgIpc) is 3.23. The lowest BCUT2D eigenvalue weighted by Crippen LogP contribution is -1.99. The van der Waals surface area contributed by atoms with Crippen molar-refractivity contribution in [1.82, 2.24) is 4.98 Å². The topological polar surface area (TPSA) is 46.5 Å². The number of hydrazone groups is 1. The van der Waals surface area contributed by atoms with Crippen molar-refractivity contribution in [1.29, 1.82) is 0 Å². The van der Waals surface area contributed by atoms with Crippen molar-refractivity contribution in [2.75, 3.05) is 5.43 Å². The number of halogens is 1. The lowest BCUT2D eigenvalue weighted by atomic mass is 10.2. The Morgan fingerprint density at radius 3 is 2.55 bits per heavy atom. The predicted octanol–water partition coefficient (Wildman–Crippen LogP) is 6.60. The van der Waals surface area contributed by atoms with Crippen LogP contribution in [0.2, 0.25) is 0 Å². The number of ether oxygens (including phenoxy) is 1.